The first kappa shape index (κ1) is 12.0. The largest absolute Gasteiger partial charge is 0.303 e. The number of piperidine rings is 1. The van der Waals surface area contributed by atoms with Gasteiger partial charge in [-0.15, -0.1) is 0 Å². The number of hydrogen-bond acceptors (Lipinski definition) is 1. The average Bonchev–Trinajstić information content (AvgIpc) is 2.43. The molecule has 1 saturated carbocycles. The molecular weight excluding hydrogens is 230 g/mol. The van der Waals surface area contributed by atoms with E-state index >= 15 is 0 Å². The zero-order valence-electron chi connectivity index (χ0n) is 12.3. The fourth-order valence-electron chi connectivity index (χ4n) is 5.31. The smallest absolute Gasteiger partial charge is 0.0169 e. The molecule has 3 atom stereocenters. The molecule has 0 aromatic heterocycles. The van der Waals surface area contributed by atoms with E-state index in [4.69, 9.17) is 0 Å². The molecule has 1 heterocycles. The molecule has 1 aliphatic heterocycles. The molecule has 1 saturated heterocycles. The van der Waals surface area contributed by atoms with Crippen LogP contribution >= 0.6 is 0 Å². The Hall–Kier alpha value is -0.820. The van der Waals surface area contributed by atoms with Gasteiger partial charge in [-0.3, -0.25) is 0 Å². The van der Waals surface area contributed by atoms with E-state index in [-0.39, 0.29) is 0 Å². The van der Waals surface area contributed by atoms with Gasteiger partial charge in [-0.05, 0) is 63.2 Å². The Morgan fingerprint density at radius 2 is 2.11 bits per heavy atom. The van der Waals surface area contributed by atoms with Crippen LogP contribution in [-0.2, 0) is 11.8 Å². The Bertz CT molecular complexity index is 506. The zero-order valence-corrected chi connectivity index (χ0v) is 12.3. The summed E-state index contributed by atoms with van der Waals surface area (Å²) in [6.07, 6.45) is 8.48. The lowest BCUT2D eigenvalue weighted by atomic mass is 9.52. The van der Waals surface area contributed by atoms with E-state index in [9.17, 15) is 0 Å². The molecule has 0 amide bonds. The van der Waals surface area contributed by atoms with Crippen molar-refractivity contribution in [1.29, 1.82) is 0 Å². The van der Waals surface area contributed by atoms with Crippen LogP contribution in [0.2, 0.25) is 0 Å². The van der Waals surface area contributed by atoms with E-state index < -0.39 is 0 Å². The monoisotopic (exact) mass is 255 g/mol. The molecule has 1 nitrogen and oxygen atoms in total. The Morgan fingerprint density at radius 1 is 1.21 bits per heavy atom. The van der Waals surface area contributed by atoms with Crippen molar-refractivity contribution in [3.05, 3.63) is 34.9 Å². The highest BCUT2D eigenvalue weighted by atomic mass is 15.1. The first-order valence-corrected chi connectivity index (χ1v) is 8.01. The highest BCUT2D eigenvalue weighted by Gasteiger charge is 2.52. The van der Waals surface area contributed by atoms with E-state index in [0.29, 0.717) is 5.41 Å². The van der Waals surface area contributed by atoms with E-state index in [2.05, 4.69) is 37.1 Å². The van der Waals surface area contributed by atoms with E-state index in [1.807, 2.05) is 0 Å². The second-order valence-electron chi connectivity index (χ2n) is 7.17. The summed E-state index contributed by atoms with van der Waals surface area (Å²) in [6, 6.07) is 8.07. The molecule has 3 aliphatic rings. The van der Waals surface area contributed by atoms with Crippen molar-refractivity contribution in [1.82, 2.24) is 4.90 Å². The normalized spacial score (nSPS) is 37.6. The number of nitrogens with zero attached hydrogens (tertiary/aromatic N) is 1. The molecule has 19 heavy (non-hydrogen) atoms. The molecule has 102 valence electrons. The first-order chi connectivity index (χ1) is 9.21. The summed E-state index contributed by atoms with van der Waals surface area (Å²) < 4.78 is 0. The van der Waals surface area contributed by atoms with Crippen molar-refractivity contribution in [2.75, 3.05) is 13.6 Å². The summed E-state index contributed by atoms with van der Waals surface area (Å²) >= 11 is 0. The van der Waals surface area contributed by atoms with Crippen LogP contribution < -0.4 is 0 Å². The molecule has 0 N–H and O–H groups in total. The standard InChI is InChI=1S/C18H25N/c1-13-6-7-14-12-17-15-5-3-4-8-18(15,16(14)11-13)9-10-19(17)2/h6-7,11,15,17H,3-5,8-10,12H2,1-2H3/t15?,17-,18-/m1/s1. The summed E-state index contributed by atoms with van der Waals surface area (Å²) in [4.78, 5) is 2.65. The van der Waals surface area contributed by atoms with Crippen molar-refractivity contribution in [2.24, 2.45) is 5.92 Å². The number of hydrogen-bond donors (Lipinski definition) is 0. The van der Waals surface area contributed by atoms with Crippen molar-refractivity contribution >= 4 is 0 Å². The van der Waals surface area contributed by atoms with Crippen molar-refractivity contribution in [2.45, 2.75) is 56.9 Å². The van der Waals surface area contributed by atoms with Gasteiger partial charge in [0, 0.05) is 11.5 Å². The predicted molar refractivity (Wildman–Crippen MR) is 79.6 cm³/mol. The molecule has 0 spiro atoms. The molecule has 1 unspecified atom stereocenters. The molecule has 4 rings (SSSR count). The van der Waals surface area contributed by atoms with Crippen LogP contribution in [0.5, 0.6) is 0 Å². The lowest BCUT2D eigenvalue weighted by Crippen LogP contribution is -2.59. The van der Waals surface area contributed by atoms with Gasteiger partial charge in [0.05, 0.1) is 0 Å². The van der Waals surface area contributed by atoms with Gasteiger partial charge in [0.1, 0.15) is 0 Å². The minimum absolute atomic E-state index is 0.537. The predicted octanol–water partition coefficient (Wildman–Crippen LogP) is 3.68. The second-order valence-corrected chi connectivity index (χ2v) is 7.17. The minimum atomic E-state index is 0.537. The van der Waals surface area contributed by atoms with Crippen LogP contribution in [0.25, 0.3) is 0 Å². The number of fused-ring (bicyclic) bond motifs is 1. The van der Waals surface area contributed by atoms with E-state index in [0.717, 1.165) is 12.0 Å². The van der Waals surface area contributed by atoms with Gasteiger partial charge in [0.2, 0.25) is 0 Å². The van der Waals surface area contributed by atoms with E-state index in [1.165, 1.54) is 50.6 Å². The topological polar surface area (TPSA) is 3.24 Å². The Kier molecular flexibility index (Phi) is 2.57. The van der Waals surface area contributed by atoms with Gasteiger partial charge in [0.25, 0.3) is 0 Å². The molecule has 2 aliphatic carbocycles. The third kappa shape index (κ3) is 1.57. The molecular formula is C18H25N. The van der Waals surface area contributed by atoms with Crippen LogP contribution in [0.4, 0.5) is 0 Å². The fourth-order valence-corrected chi connectivity index (χ4v) is 5.31. The lowest BCUT2D eigenvalue weighted by Gasteiger charge is -2.58. The number of aryl methyl sites for hydroxylation is 1. The molecule has 2 bridgehead atoms. The van der Waals surface area contributed by atoms with Crippen LogP contribution in [0.3, 0.4) is 0 Å². The molecule has 2 fully saturated rings. The van der Waals surface area contributed by atoms with Gasteiger partial charge in [0.15, 0.2) is 0 Å². The quantitative estimate of drug-likeness (QED) is 0.683. The van der Waals surface area contributed by atoms with Crippen LogP contribution in [0, 0.1) is 12.8 Å². The third-order valence-electron chi connectivity index (χ3n) is 6.27. The van der Waals surface area contributed by atoms with Gasteiger partial charge in [-0.1, -0.05) is 36.6 Å². The average molecular weight is 255 g/mol. The van der Waals surface area contributed by atoms with E-state index in [1.54, 1.807) is 11.1 Å². The van der Waals surface area contributed by atoms with Crippen LogP contribution in [0.1, 0.15) is 48.8 Å². The molecule has 1 aromatic rings. The van der Waals surface area contributed by atoms with Gasteiger partial charge >= 0.3 is 0 Å². The van der Waals surface area contributed by atoms with Gasteiger partial charge in [-0.25, -0.2) is 0 Å². The maximum absolute atomic E-state index is 2.65. The molecule has 1 heteroatoms. The Morgan fingerprint density at radius 3 is 3.00 bits per heavy atom. The second kappa shape index (κ2) is 4.09. The molecule has 1 aromatic carbocycles. The summed E-state index contributed by atoms with van der Waals surface area (Å²) in [6.45, 7) is 3.56. The highest BCUT2D eigenvalue weighted by Crippen LogP contribution is 2.55. The maximum Gasteiger partial charge on any atom is 0.0169 e. The maximum atomic E-state index is 2.65. The Labute approximate surface area is 117 Å². The van der Waals surface area contributed by atoms with Crippen molar-refractivity contribution in [3.63, 3.8) is 0 Å². The number of likely N-dealkylation sites (N-methyl/N-ethyl adjacent to an activating group) is 1. The first-order valence-electron chi connectivity index (χ1n) is 8.01. The SMILES string of the molecule is Cc1ccc2c(c1)[C@@]13CCCCC1[C@@H](C2)N(C)CC3. The molecule has 0 radical (unpaired) electrons. The minimum Gasteiger partial charge on any atom is -0.303 e. The lowest BCUT2D eigenvalue weighted by molar-refractivity contribution is 0.00283. The summed E-state index contributed by atoms with van der Waals surface area (Å²) in [5.41, 5.74) is 5.38. The summed E-state index contributed by atoms with van der Waals surface area (Å²) in [5, 5.41) is 0. The van der Waals surface area contributed by atoms with Crippen LogP contribution in [0.15, 0.2) is 18.2 Å². The zero-order chi connectivity index (χ0) is 13.0. The number of likely N-dealkylation sites (tertiary alicyclic amines) is 1. The number of benzene rings is 1. The summed E-state index contributed by atoms with van der Waals surface area (Å²) in [5.74, 6) is 0.925. The fraction of sp³-hybridized carbons (Fsp3) is 0.667. The number of rotatable bonds is 0. The van der Waals surface area contributed by atoms with Gasteiger partial charge in [-0.2, -0.15) is 0 Å². The van der Waals surface area contributed by atoms with Crippen molar-refractivity contribution < 1.29 is 0 Å². The van der Waals surface area contributed by atoms with Crippen molar-refractivity contribution in [3.8, 4) is 0 Å². The Balaban J connectivity index is 1.90. The van der Waals surface area contributed by atoms with Crippen LogP contribution in [-0.4, -0.2) is 24.5 Å². The van der Waals surface area contributed by atoms with Gasteiger partial charge < -0.3 is 4.90 Å². The summed E-state index contributed by atoms with van der Waals surface area (Å²) in [7, 11) is 2.35. The highest BCUT2D eigenvalue weighted by molar-refractivity contribution is 5.43. The third-order valence-corrected chi connectivity index (χ3v) is 6.27.